The summed E-state index contributed by atoms with van der Waals surface area (Å²) in [5, 5.41) is 18.6. The Balaban J connectivity index is 2.10. The van der Waals surface area contributed by atoms with Gasteiger partial charge in [-0.05, 0) is 26.3 Å². The zero-order valence-corrected chi connectivity index (χ0v) is 8.39. The highest BCUT2D eigenvalue weighted by Gasteiger charge is 2.45. The van der Waals surface area contributed by atoms with E-state index in [1.54, 1.807) is 0 Å². The van der Waals surface area contributed by atoms with Gasteiger partial charge >= 0.3 is 5.97 Å². The van der Waals surface area contributed by atoms with Crippen molar-refractivity contribution in [2.24, 2.45) is 5.92 Å². The van der Waals surface area contributed by atoms with Gasteiger partial charge in [-0.3, -0.25) is 9.69 Å². The average molecular weight is 199 g/mol. The molecule has 14 heavy (non-hydrogen) atoms. The third kappa shape index (κ3) is 1.53. The van der Waals surface area contributed by atoms with Crippen LogP contribution in [0.4, 0.5) is 0 Å². The minimum Gasteiger partial charge on any atom is -0.481 e. The van der Waals surface area contributed by atoms with Gasteiger partial charge in [-0.25, -0.2) is 0 Å². The first kappa shape index (κ1) is 9.93. The van der Waals surface area contributed by atoms with Crippen LogP contribution in [0.1, 0.15) is 25.7 Å². The van der Waals surface area contributed by atoms with Crippen LogP contribution in [0.15, 0.2) is 0 Å². The molecular formula is C10H17NO3. The van der Waals surface area contributed by atoms with Crippen LogP contribution >= 0.6 is 0 Å². The number of hydrogen-bond acceptors (Lipinski definition) is 3. The second kappa shape index (κ2) is 3.51. The maximum atomic E-state index is 10.7. The lowest BCUT2D eigenvalue weighted by molar-refractivity contribution is -0.141. The lowest BCUT2D eigenvalue weighted by Crippen LogP contribution is -2.49. The van der Waals surface area contributed by atoms with E-state index in [1.165, 1.54) is 0 Å². The minimum absolute atomic E-state index is 0.0729. The number of aliphatic hydroxyl groups excluding tert-OH is 1. The number of carboxylic acid groups (broad SMARTS) is 1. The second-order valence-electron chi connectivity index (χ2n) is 4.53. The predicted molar refractivity (Wildman–Crippen MR) is 50.9 cm³/mol. The third-order valence-electron chi connectivity index (χ3n) is 3.81. The van der Waals surface area contributed by atoms with E-state index in [2.05, 4.69) is 4.90 Å². The summed E-state index contributed by atoms with van der Waals surface area (Å²) in [6.07, 6.45) is 2.57. The number of fused-ring (bicyclic) bond motifs is 2. The Hall–Kier alpha value is -0.610. The van der Waals surface area contributed by atoms with Gasteiger partial charge in [0.2, 0.25) is 0 Å². The fourth-order valence-corrected chi connectivity index (χ4v) is 3.03. The zero-order valence-electron chi connectivity index (χ0n) is 8.39. The van der Waals surface area contributed by atoms with Crippen molar-refractivity contribution in [3.05, 3.63) is 0 Å². The molecule has 80 valence electrons. The molecule has 0 aromatic carbocycles. The molecule has 2 aliphatic rings. The largest absolute Gasteiger partial charge is 0.481 e. The van der Waals surface area contributed by atoms with Crippen LogP contribution in [0.25, 0.3) is 0 Å². The lowest BCUT2D eigenvalue weighted by Gasteiger charge is -2.40. The van der Waals surface area contributed by atoms with Crippen molar-refractivity contribution in [1.29, 1.82) is 0 Å². The Kier molecular flexibility index (Phi) is 2.49. The molecule has 4 unspecified atom stereocenters. The first-order valence-corrected chi connectivity index (χ1v) is 5.21. The Morgan fingerprint density at radius 2 is 2.21 bits per heavy atom. The molecule has 0 spiro atoms. The van der Waals surface area contributed by atoms with E-state index in [0.717, 1.165) is 19.3 Å². The molecule has 0 amide bonds. The van der Waals surface area contributed by atoms with E-state index < -0.39 is 12.1 Å². The SMILES string of the molecule is CN1C2CCC1C(CC(=O)O)C(O)C2. The van der Waals surface area contributed by atoms with Crippen molar-refractivity contribution in [2.45, 2.75) is 43.9 Å². The number of carboxylic acids is 1. The van der Waals surface area contributed by atoms with Gasteiger partial charge in [-0.2, -0.15) is 0 Å². The summed E-state index contributed by atoms with van der Waals surface area (Å²) in [6, 6.07) is 0.750. The van der Waals surface area contributed by atoms with Crippen LogP contribution in [0.5, 0.6) is 0 Å². The first-order chi connectivity index (χ1) is 6.59. The van der Waals surface area contributed by atoms with Crippen LogP contribution in [-0.4, -0.2) is 46.3 Å². The highest BCUT2D eigenvalue weighted by atomic mass is 16.4. The first-order valence-electron chi connectivity index (χ1n) is 5.21. The molecule has 4 heteroatoms. The van der Waals surface area contributed by atoms with Crippen molar-refractivity contribution in [1.82, 2.24) is 4.90 Å². The topological polar surface area (TPSA) is 60.8 Å². The van der Waals surface area contributed by atoms with Gasteiger partial charge < -0.3 is 10.2 Å². The monoisotopic (exact) mass is 199 g/mol. The zero-order chi connectivity index (χ0) is 10.3. The fraction of sp³-hybridized carbons (Fsp3) is 0.900. The number of nitrogens with zero attached hydrogens (tertiary/aromatic N) is 1. The number of aliphatic hydroxyl groups is 1. The molecule has 2 heterocycles. The Bertz CT molecular complexity index is 244. The number of hydrogen-bond donors (Lipinski definition) is 2. The molecule has 4 nitrogen and oxygen atoms in total. The summed E-state index contributed by atoms with van der Waals surface area (Å²) in [4.78, 5) is 12.9. The van der Waals surface area contributed by atoms with E-state index >= 15 is 0 Å². The second-order valence-corrected chi connectivity index (χ2v) is 4.53. The van der Waals surface area contributed by atoms with E-state index in [9.17, 15) is 9.90 Å². The molecule has 0 aromatic heterocycles. The third-order valence-corrected chi connectivity index (χ3v) is 3.81. The maximum absolute atomic E-state index is 10.7. The number of piperidine rings is 1. The van der Waals surface area contributed by atoms with Crippen LogP contribution in [-0.2, 0) is 4.79 Å². The Morgan fingerprint density at radius 1 is 1.50 bits per heavy atom. The van der Waals surface area contributed by atoms with Crippen LogP contribution in [0, 0.1) is 5.92 Å². The molecule has 0 radical (unpaired) electrons. The molecule has 2 N–H and O–H groups in total. The summed E-state index contributed by atoms with van der Waals surface area (Å²) in [5.74, 6) is -0.871. The summed E-state index contributed by atoms with van der Waals surface area (Å²) in [5.41, 5.74) is 0. The summed E-state index contributed by atoms with van der Waals surface area (Å²) in [7, 11) is 2.04. The van der Waals surface area contributed by atoms with E-state index in [0.29, 0.717) is 6.04 Å². The van der Waals surface area contributed by atoms with Gasteiger partial charge in [0.25, 0.3) is 0 Å². The van der Waals surface area contributed by atoms with Gasteiger partial charge in [-0.1, -0.05) is 0 Å². The predicted octanol–water partition coefficient (Wildman–Crippen LogP) is 0.305. The van der Waals surface area contributed by atoms with Crippen molar-refractivity contribution in [3.8, 4) is 0 Å². The smallest absolute Gasteiger partial charge is 0.303 e. The highest BCUT2D eigenvalue weighted by Crippen LogP contribution is 2.39. The molecule has 2 saturated heterocycles. The fourth-order valence-electron chi connectivity index (χ4n) is 3.03. The maximum Gasteiger partial charge on any atom is 0.303 e. The minimum atomic E-state index is -0.798. The Labute approximate surface area is 83.5 Å². The lowest BCUT2D eigenvalue weighted by atomic mass is 9.85. The molecule has 2 bridgehead atoms. The molecule has 2 rings (SSSR count). The molecular weight excluding hydrogens is 182 g/mol. The summed E-state index contributed by atoms with van der Waals surface area (Å²) < 4.78 is 0. The van der Waals surface area contributed by atoms with Gasteiger partial charge in [-0.15, -0.1) is 0 Å². The number of rotatable bonds is 2. The summed E-state index contributed by atoms with van der Waals surface area (Å²) >= 11 is 0. The van der Waals surface area contributed by atoms with Crippen LogP contribution in [0.3, 0.4) is 0 Å². The van der Waals surface area contributed by atoms with Gasteiger partial charge in [0.1, 0.15) is 0 Å². The van der Waals surface area contributed by atoms with Crippen molar-refractivity contribution >= 4 is 5.97 Å². The van der Waals surface area contributed by atoms with Gasteiger partial charge in [0.15, 0.2) is 0 Å². The summed E-state index contributed by atoms with van der Waals surface area (Å²) in [6.45, 7) is 0. The van der Waals surface area contributed by atoms with Gasteiger partial charge in [0, 0.05) is 18.0 Å². The average Bonchev–Trinajstić information content (AvgIpc) is 2.34. The molecule has 4 atom stereocenters. The molecule has 2 aliphatic heterocycles. The van der Waals surface area contributed by atoms with Gasteiger partial charge in [0.05, 0.1) is 12.5 Å². The Morgan fingerprint density at radius 3 is 2.86 bits per heavy atom. The number of carbonyl (C=O) groups is 1. The molecule has 0 aliphatic carbocycles. The normalized spacial score (nSPS) is 42.7. The quantitative estimate of drug-likeness (QED) is 0.671. The van der Waals surface area contributed by atoms with E-state index in [4.69, 9.17) is 5.11 Å². The molecule has 0 saturated carbocycles. The molecule has 0 aromatic rings. The number of aliphatic carboxylic acids is 1. The van der Waals surface area contributed by atoms with E-state index in [1.807, 2.05) is 7.05 Å². The van der Waals surface area contributed by atoms with E-state index in [-0.39, 0.29) is 18.4 Å². The van der Waals surface area contributed by atoms with Crippen molar-refractivity contribution in [2.75, 3.05) is 7.05 Å². The van der Waals surface area contributed by atoms with Crippen LogP contribution < -0.4 is 0 Å². The van der Waals surface area contributed by atoms with Crippen molar-refractivity contribution in [3.63, 3.8) is 0 Å². The molecule has 2 fully saturated rings. The van der Waals surface area contributed by atoms with Crippen molar-refractivity contribution < 1.29 is 15.0 Å². The standard InChI is InChI=1S/C10H17NO3/c1-11-6-2-3-8(11)7(5-10(13)14)9(12)4-6/h6-9,12H,2-5H2,1H3,(H,13,14). The highest BCUT2D eigenvalue weighted by molar-refractivity contribution is 5.67. The van der Waals surface area contributed by atoms with Crippen LogP contribution in [0.2, 0.25) is 0 Å².